The Labute approximate surface area is 144 Å². The summed E-state index contributed by atoms with van der Waals surface area (Å²) in [6.07, 6.45) is 0.761. The number of fused-ring (bicyclic) bond motifs is 3. The summed E-state index contributed by atoms with van der Waals surface area (Å²) in [4.78, 5) is 4.76. The van der Waals surface area contributed by atoms with E-state index in [0.717, 1.165) is 40.0 Å². The molecule has 24 heavy (non-hydrogen) atoms. The van der Waals surface area contributed by atoms with E-state index in [1.807, 2.05) is 60.7 Å². The minimum Gasteiger partial charge on any atom is -0.324 e. The second kappa shape index (κ2) is 5.76. The van der Waals surface area contributed by atoms with Crippen molar-refractivity contribution in [3.8, 4) is 0 Å². The third-order valence-electron chi connectivity index (χ3n) is 4.00. The molecular formula is C18H16ClN5. The molecule has 0 radical (unpaired) electrons. The van der Waals surface area contributed by atoms with Gasteiger partial charge in [0.25, 0.3) is 0 Å². The Bertz CT molecular complexity index is 1050. The molecule has 0 bridgehead atoms. The fourth-order valence-corrected chi connectivity index (χ4v) is 3.07. The van der Waals surface area contributed by atoms with Crippen molar-refractivity contribution in [2.45, 2.75) is 20.3 Å². The molecule has 0 unspecified atom stereocenters. The van der Waals surface area contributed by atoms with Crippen LogP contribution in [0.3, 0.4) is 0 Å². The van der Waals surface area contributed by atoms with Gasteiger partial charge in [-0.25, -0.2) is 9.38 Å². The highest BCUT2D eigenvalue weighted by molar-refractivity contribution is 6.33. The Hall–Kier alpha value is -2.66. The molecule has 0 aliphatic rings. The molecule has 4 rings (SSSR count). The Morgan fingerprint density at radius 3 is 2.75 bits per heavy atom. The van der Waals surface area contributed by atoms with Crippen LogP contribution in [0.15, 0.2) is 42.5 Å². The molecule has 6 heteroatoms. The predicted octanol–water partition coefficient (Wildman–Crippen LogP) is 4.55. The zero-order chi connectivity index (χ0) is 16.7. The summed E-state index contributed by atoms with van der Waals surface area (Å²) in [5, 5.41) is 13.6. The average Bonchev–Trinajstić information content (AvgIpc) is 3.02. The number of halogens is 1. The van der Waals surface area contributed by atoms with Gasteiger partial charge in [0.15, 0.2) is 5.65 Å². The molecule has 2 aromatic heterocycles. The van der Waals surface area contributed by atoms with Gasteiger partial charge in [-0.2, -0.15) is 0 Å². The molecule has 0 aliphatic carbocycles. The second-order valence-electron chi connectivity index (χ2n) is 5.69. The van der Waals surface area contributed by atoms with Gasteiger partial charge in [0.2, 0.25) is 5.95 Å². The van der Waals surface area contributed by atoms with Gasteiger partial charge in [0, 0.05) is 11.8 Å². The summed E-state index contributed by atoms with van der Waals surface area (Å²) >= 11 is 6.37. The lowest BCUT2D eigenvalue weighted by atomic mass is 10.2. The summed E-state index contributed by atoms with van der Waals surface area (Å²) in [6.45, 7) is 4.06. The highest BCUT2D eigenvalue weighted by atomic mass is 35.5. The number of aryl methyl sites for hydroxylation is 2. The first-order valence-corrected chi connectivity index (χ1v) is 8.21. The Balaban J connectivity index is 1.96. The van der Waals surface area contributed by atoms with E-state index in [1.165, 1.54) is 0 Å². The number of nitrogens with one attached hydrogen (secondary N) is 1. The third-order valence-corrected chi connectivity index (χ3v) is 4.31. The average molecular weight is 338 g/mol. The summed E-state index contributed by atoms with van der Waals surface area (Å²) in [5.41, 5.74) is 3.58. The number of rotatable bonds is 3. The zero-order valence-electron chi connectivity index (χ0n) is 13.4. The van der Waals surface area contributed by atoms with Crippen LogP contribution in [-0.4, -0.2) is 19.6 Å². The van der Waals surface area contributed by atoms with Crippen LogP contribution in [0.2, 0.25) is 5.02 Å². The topological polar surface area (TPSA) is 55.1 Å². The first-order valence-electron chi connectivity index (χ1n) is 7.83. The van der Waals surface area contributed by atoms with Crippen molar-refractivity contribution in [1.82, 2.24) is 19.6 Å². The SMILES string of the molecule is CCc1nnc2c3ccccc3nc(Nc3ccc(C)cc3Cl)n12. The molecule has 0 saturated carbocycles. The number of para-hydroxylation sites is 1. The van der Waals surface area contributed by atoms with Gasteiger partial charge in [-0.15, -0.1) is 10.2 Å². The van der Waals surface area contributed by atoms with Crippen LogP contribution >= 0.6 is 11.6 Å². The van der Waals surface area contributed by atoms with Gasteiger partial charge < -0.3 is 5.32 Å². The van der Waals surface area contributed by atoms with E-state index < -0.39 is 0 Å². The van der Waals surface area contributed by atoms with Crippen molar-refractivity contribution in [3.05, 3.63) is 58.9 Å². The molecule has 0 fully saturated rings. The maximum atomic E-state index is 6.37. The second-order valence-corrected chi connectivity index (χ2v) is 6.10. The number of benzene rings is 2. The molecule has 0 atom stereocenters. The molecule has 4 aromatic rings. The van der Waals surface area contributed by atoms with Gasteiger partial charge in [0.05, 0.1) is 16.2 Å². The number of hydrogen-bond acceptors (Lipinski definition) is 4. The highest BCUT2D eigenvalue weighted by Gasteiger charge is 2.14. The first kappa shape index (κ1) is 14.9. The predicted molar refractivity (Wildman–Crippen MR) is 97.1 cm³/mol. The van der Waals surface area contributed by atoms with E-state index in [1.54, 1.807) is 0 Å². The Morgan fingerprint density at radius 1 is 1.12 bits per heavy atom. The number of hydrogen-bond donors (Lipinski definition) is 1. The van der Waals surface area contributed by atoms with Crippen LogP contribution in [0.4, 0.5) is 11.6 Å². The van der Waals surface area contributed by atoms with Crippen LogP contribution in [0.25, 0.3) is 16.6 Å². The maximum Gasteiger partial charge on any atom is 0.215 e. The quantitative estimate of drug-likeness (QED) is 0.596. The maximum absolute atomic E-state index is 6.37. The van der Waals surface area contributed by atoms with E-state index >= 15 is 0 Å². The van der Waals surface area contributed by atoms with E-state index in [9.17, 15) is 0 Å². The standard InChI is InChI=1S/C18H16ClN5/c1-3-16-22-23-17-12-6-4-5-7-14(12)20-18(24(16)17)21-15-9-8-11(2)10-13(15)19/h4-10H,3H2,1-2H3,(H,20,21). The summed E-state index contributed by atoms with van der Waals surface area (Å²) in [7, 11) is 0. The van der Waals surface area contributed by atoms with Crippen LogP contribution in [-0.2, 0) is 6.42 Å². The smallest absolute Gasteiger partial charge is 0.215 e. The lowest BCUT2D eigenvalue weighted by Crippen LogP contribution is -2.05. The summed E-state index contributed by atoms with van der Waals surface area (Å²) in [5.74, 6) is 1.52. The fraction of sp³-hybridized carbons (Fsp3) is 0.167. The van der Waals surface area contributed by atoms with Gasteiger partial charge in [0.1, 0.15) is 5.82 Å². The molecule has 2 aromatic carbocycles. The van der Waals surface area contributed by atoms with Gasteiger partial charge in [-0.05, 0) is 36.8 Å². The largest absolute Gasteiger partial charge is 0.324 e. The van der Waals surface area contributed by atoms with Crippen LogP contribution < -0.4 is 5.32 Å². The van der Waals surface area contributed by atoms with Gasteiger partial charge >= 0.3 is 0 Å². The first-order chi connectivity index (χ1) is 11.7. The van der Waals surface area contributed by atoms with Crippen molar-refractivity contribution >= 4 is 39.8 Å². The third kappa shape index (κ3) is 2.37. The van der Waals surface area contributed by atoms with E-state index in [4.69, 9.17) is 16.6 Å². The van der Waals surface area contributed by atoms with Crippen LogP contribution in [0.5, 0.6) is 0 Å². The number of aromatic nitrogens is 4. The fourth-order valence-electron chi connectivity index (χ4n) is 2.79. The number of anilines is 2. The molecule has 0 spiro atoms. The molecule has 5 nitrogen and oxygen atoms in total. The van der Waals surface area contributed by atoms with E-state index in [0.29, 0.717) is 11.0 Å². The minimum atomic E-state index is 0.657. The zero-order valence-corrected chi connectivity index (χ0v) is 14.2. The molecule has 2 heterocycles. The van der Waals surface area contributed by atoms with Crippen LogP contribution in [0, 0.1) is 6.92 Å². The van der Waals surface area contributed by atoms with Crippen molar-refractivity contribution in [1.29, 1.82) is 0 Å². The van der Waals surface area contributed by atoms with E-state index in [-0.39, 0.29) is 0 Å². The monoisotopic (exact) mass is 337 g/mol. The van der Waals surface area contributed by atoms with Gasteiger partial charge in [-0.1, -0.05) is 36.7 Å². The molecule has 0 saturated heterocycles. The minimum absolute atomic E-state index is 0.657. The molecule has 0 amide bonds. The Kier molecular flexibility index (Phi) is 3.58. The normalized spacial score (nSPS) is 11.3. The van der Waals surface area contributed by atoms with Crippen LogP contribution in [0.1, 0.15) is 18.3 Å². The van der Waals surface area contributed by atoms with Crippen molar-refractivity contribution in [3.63, 3.8) is 0 Å². The highest BCUT2D eigenvalue weighted by Crippen LogP contribution is 2.28. The molecular weight excluding hydrogens is 322 g/mol. The van der Waals surface area contributed by atoms with E-state index in [2.05, 4.69) is 15.5 Å². The summed E-state index contributed by atoms with van der Waals surface area (Å²) < 4.78 is 1.96. The van der Waals surface area contributed by atoms with Crippen molar-refractivity contribution in [2.24, 2.45) is 0 Å². The van der Waals surface area contributed by atoms with Crippen molar-refractivity contribution < 1.29 is 0 Å². The number of nitrogens with zero attached hydrogens (tertiary/aromatic N) is 4. The molecule has 120 valence electrons. The van der Waals surface area contributed by atoms with Crippen molar-refractivity contribution in [2.75, 3.05) is 5.32 Å². The Morgan fingerprint density at radius 2 is 1.96 bits per heavy atom. The molecule has 1 N–H and O–H groups in total. The lowest BCUT2D eigenvalue weighted by Gasteiger charge is -2.12. The molecule has 0 aliphatic heterocycles. The lowest BCUT2D eigenvalue weighted by molar-refractivity contribution is 0.904. The summed E-state index contributed by atoms with van der Waals surface area (Å²) in [6, 6.07) is 13.8. The van der Waals surface area contributed by atoms with Gasteiger partial charge in [-0.3, -0.25) is 0 Å².